The Kier molecular flexibility index (Phi) is 4.90. The first kappa shape index (κ1) is 20.6. The molecule has 1 N–H and O–H groups in total. The quantitative estimate of drug-likeness (QED) is 0.493. The number of carbonyl (C=O) groups excluding carboxylic acids is 2. The first-order chi connectivity index (χ1) is 16.7. The lowest BCUT2D eigenvalue weighted by Crippen LogP contribution is -2.62. The van der Waals surface area contributed by atoms with Crippen molar-refractivity contribution in [2.75, 3.05) is 13.2 Å². The number of aromatic amines is 1. The molecule has 2 atom stereocenters. The zero-order valence-electron chi connectivity index (χ0n) is 18.9. The van der Waals surface area contributed by atoms with Gasteiger partial charge in [0.2, 0.25) is 11.8 Å². The zero-order chi connectivity index (χ0) is 23.2. The number of amides is 2. The standard InChI is InChI=1S/C27H25N3O4/c1-2-33-23-12-6-4-10-19(23)26-25-20(18-9-3-5-11-21(18)28-25)14-22-27(32)29(16-24(31)30(22)26)15-17-8-7-13-34-17/h3-13,22,26,28H,2,14-16H2,1H3. The average Bonchev–Trinajstić information content (AvgIpc) is 3.49. The summed E-state index contributed by atoms with van der Waals surface area (Å²) in [5.41, 5.74) is 3.90. The largest absolute Gasteiger partial charge is 0.494 e. The lowest BCUT2D eigenvalue weighted by Gasteiger charge is -2.47. The summed E-state index contributed by atoms with van der Waals surface area (Å²) in [4.78, 5) is 34.3. The fourth-order valence-electron chi connectivity index (χ4n) is 5.37. The fraction of sp³-hybridized carbons (Fsp3) is 0.259. The van der Waals surface area contributed by atoms with Crippen molar-refractivity contribution < 1.29 is 18.7 Å². The zero-order valence-corrected chi connectivity index (χ0v) is 18.9. The maximum atomic E-state index is 13.7. The van der Waals surface area contributed by atoms with Crippen LogP contribution in [0.4, 0.5) is 0 Å². The number of piperazine rings is 1. The molecular weight excluding hydrogens is 430 g/mol. The normalized spacial score (nSPS) is 19.9. The first-order valence-electron chi connectivity index (χ1n) is 11.6. The Morgan fingerprint density at radius 3 is 2.71 bits per heavy atom. The number of hydrogen-bond acceptors (Lipinski definition) is 4. The van der Waals surface area contributed by atoms with Gasteiger partial charge in [-0.2, -0.15) is 0 Å². The summed E-state index contributed by atoms with van der Waals surface area (Å²) in [6.07, 6.45) is 2.04. The van der Waals surface area contributed by atoms with Crippen LogP contribution in [-0.4, -0.2) is 45.8 Å². The van der Waals surface area contributed by atoms with Crippen molar-refractivity contribution in [3.63, 3.8) is 0 Å². The van der Waals surface area contributed by atoms with Gasteiger partial charge in [-0.25, -0.2) is 0 Å². The summed E-state index contributed by atoms with van der Waals surface area (Å²) in [5, 5.41) is 1.08. The molecule has 0 radical (unpaired) electrons. The van der Waals surface area contributed by atoms with Crippen molar-refractivity contribution in [2.24, 2.45) is 0 Å². The Morgan fingerprint density at radius 2 is 1.88 bits per heavy atom. The second-order valence-electron chi connectivity index (χ2n) is 8.73. The molecule has 0 spiro atoms. The minimum Gasteiger partial charge on any atom is -0.494 e. The van der Waals surface area contributed by atoms with Crippen LogP contribution in [0.3, 0.4) is 0 Å². The number of aromatic nitrogens is 1. The molecule has 2 aliphatic heterocycles. The second kappa shape index (κ2) is 8.09. The van der Waals surface area contributed by atoms with E-state index < -0.39 is 12.1 Å². The molecule has 0 bridgehead atoms. The molecule has 4 aromatic rings. The lowest BCUT2D eigenvalue weighted by molar-refractivity contribution is -0.159. The van der Waals surface area contributed by atoms with Gasteiger partial charge in [-0.3, -0.25) is 9.59 Å². The van der Waals surface area contributed by atoms with Crippen molar-refractivity contribution >= 4 is 22.7 Å². The predicted octanol–water partition coefficient (Wildman–Crippen LogP) is 4.04. The third kappa shape index (κ3) is 3.19. The molecule has 2 aromatic heterocycles. The van der Waals surface area contributed by atoms with Gasteiger partial charge in [-0.05, 0) is 36.8 Å². The van der Waals surface area contributed by atoms with E-state index in [1.54, 1.807) is 22.1 Å². The maximum Gasteiger partial charge on any atom is 0.246 e. The van der Waals surface area contributed by atoms with Gasteiger partial charge in [0.1, 0.15) is 30.1 Å². The molecule has 2 amide bonds. The van der Waals surface area contributed by atoms with Crippen LogP contribution in [0.5, 0.6) is 5.75 Å². The van der Waals surface area contributed by atoms with Crippen molar-refractivity contribution in [1.29, 1.82) is 0 Å². The Labute approximate surface area is 196 Å². The molecule has 0 saturated carbocycles. The third-order valence-corrected chi connectivity index (χ3v) is 6.78. The van der Waals surface area contributed by atoms with Crippen molar-refractivity contribution in [1.82, 2.24) is 14.8 Å². The van der Waals surface area contributed by atoms with Gasteiger partial charge in [0, 0.05) is 28.6 Å². The van der Waals surface area contributed by atoms with Crippen molar-refractivity contribution in [3.8, 4) is 5.75 Å². The highest BCUT2D eigenvalue weighted by Crippen LogP contribution is 2.45. The average molecular weight is 456 g/mol. The van der Waals surface area contributed by atoms with Gasteiger partial charge in [0.05, 0.1) is 19.4 Å². The number of fused-ring (bicyclic) bond motifs is 4. The molecule has 1 saturated heterocycles. The van der Waals surface area contributed by atoms with Crippen LogP contribution in [0.1, 0.15) is 35.5 Å². The number of ether oxygens (including phenoxy) is 1. The third-order valence-electron chi connectivity index (χ3n) is 6.78. The van der Waals surface area contributed by atoms with E-state index in [9.17, 15) is 9.59 Å². The molecule has 0 aliphatic carbocycles. The Balaban J connectivity index is 1.50. The van der Waals surface area contributed by atoms with Gasteiger partial charge in [0.25, 0.3) is 0 Å². The van der Waals surface area contributed by atoms with Crippen LogP contribution >= 0.6 is 0 Å². The number of H-pyrrole nitrogens is 1. The number of nitrogens with one attached hydrogen (secondary N) is 1. The van der Waals surface area contributed by atoms with Crippen LogP contribution in [0.15, 0.2) is 71.3 Å². The number of rotatable bonds is 5. The topological polar surface area (TPSA) is 78.8 Å². The van der Waals surface area contributed by atoms with E-state index in [1.807, 2.05) is 55.5 Å². The van der Waals surface area contributed by atoms with Gasteiger partial charge >= 0.3 is 0 Å². The number of hydrogen-bond donors (Lipinski definition) is 1. The van der Waals surface area contributed by atoms with E-state index in [4.69, 9.17) is 9.15 Å². The second-order valence-corrected chi connectivity index (χ2v) is 8.73. The fourth-order valence-corrected chi connectivity index (χ4v) is 5.37. The Bertz CT molecular complexity index is 1370. The lowest BCUT2D eigenvalue weighted by atomic mass is 9.86. The van der Waals surface area contributed by atoms with E-state index in [0.29, 0.717) is 18.8 Å². The van der Waals surface area contributed by atoms with E-state index in [0.717, 1.165) is 33.5 Å². The van der Waals surface area contributed by atoms with Crippen LogP contribution in [0.25, 0.3) is 10.9 Å². The van der Waals surface area contributed by atoms with Crippen LogP contribution < -0.4 is 4.74 Å². The highest BCUT2D eigenvalue weighted by Gasteiger charge is 2.48. The van der Waals surface area contributed by atoms with Crippen LogP contribution in [0.2, 0.25) is 0 Å². The summed E-state index contributed by atoms with van der Waals surface area (Å²) in [7, 11) is 0. The number of para-hydroxylation sites is 2. The minimum absolute atomic E-state index is 0.0128. The molecule has 7 nitrogen and oxygen atoms in total. The van der Waals surface area contributed by atoms with Crippen LogP contribution in [0, 0.1) is 0 Å². The van der Waals surface area contributed by atoms with Gasteiger partial charge < -0.3 is 23.9 Å². The Hall–Kier alpha value is -4.00. The SMILES string of the molecule is CCOc1ccccc1C1c2[nH]c3ccccc3c2CC2C(=O)N(Cc3ccco3)CC(=O)N21. The predicted molar refractivity (Wildman–Crippen MR) is 126 cm³/mol. The maximum absolute atomic E-state index is 13.7. The van der Waals surface area contributed by atoms with Gasteiger partial charge in [0.15, 0.2) is 0 Å². The molecule has 7 heteroatoms. The molecule has 6 rings (SSSR count). The molecule has 1 fully saturated rings. The number of benzene rings is 2. The molecular formula is C27H25N3O4. The number of carbonyl (C=O) groups is 2. The summed E-state index contributed by atoms with van der Waals surface area (Å²) in [6.45, 7) is 2.75. The molecule has 172 valence electrons. The van der Waals surface area contributed by atoms with E-state index in [-0.39, 0.29) is 24.9 Å². The minimum atomic E-state index is -0.595. The van der Waals surface area contributed by atoms with Crippen molar-refractivity contribution in [2.45, 2.75) is 32.0 Å². The summed E-state index contributed by atoms with van der Waals surface area (Å²) < 4.78 is 11.4. The highest BCUT2D eigenvalue weighted by molar-refractivity contribution is 5.97. The smallest absolute Gasteiger partial charge is 0.246 e. The van der Waals surface area contributed by atoms with Gasteiger partial charge in [-0.1, -0.05) is 36.4 Å². The first-order valence-corrected chi connectivity index (χ1v) is 11.6. The molecule has 4 heterocycles. The highest BCUT2D eigenvalue weighted by atomic mass is 16.5. The Morgan fingerprint density at radius 1 is 1.06 bits per heavy atom. The molecule has 2 aliphatic rings. The number of furan rings is 1. The van der Waals surface area contributed by atoms with Crippen LogP contribution in [-0.2, 0) is 22.6 Å². The summed E-state index contributed by atoms with van der Waals surface area (Å²) >= 11 is 0. The summed E-state index contributed by atoms with van der Waals surface area (Å²) in [5.74, 6) is 1.23. The molecule has 2 aromatic carbocycles. The molecule has 2 unspecified atom stereocenters. The molecule has 34 heavy (non-hydrogen) atoms. The monoisotopic (exact) mass is 455 g/mol. The summed E-state index contributed by atoms with van der Waals surface area (Å²) in [6, 6.07) is 18.5. The van der Waals surface area contributed by atoms with E-state index in [1.165, 1.54) is 0 Å². The van der Waals surface area contributed by atoms with E-state index in [2.05, 4.69) is 11.1 Å². The van der Waals surface area contributed by atoms with Crippen molar-refractivity contribution in [3.05, 3.63) is 89.5 Å². The van der Waals surface area contributed by atoms with Gasteiger partial charge in [-0.15, -0.1) is 0 Å². The number of nitrogens with zero attached hydrogens (tertiary/aromatic N) is 2. The van der Waals surface area contributed by atoms with E-state index >= 15 is 0 Å².